The van der Waals surface area contributed by atoms with E-state index >= 15 is 0 Å². The van der Waals surface area contributed by atoms with Crippen LogP contribution in [0.5, 0.6) is 0 Å². The van der Waals surface area contributed by atoms with Gasteiger partial charge in [0.05, 0.1) is 11.6 Å². The van der Waals surface area contributed by atoms with Crippen molar-refractivity contribution in [3.8, 4) is 6.07 Å². The Balaban J connectivity index is 1.98. The van der Waals surface area contributed by atoms with Gasteiger partial charge in [0.25, 0.3) is 0 Å². The van der Waals surface area contributed by atoms with Gasteiger partial charge in [-0.3, -0.25) is 0 Å². The number of nitrogens with zero attached hydrogens (tertiary/aromatic N) is 4. The van der Waals surface area contributed by atoms with Gasteiger partial charge in [0.2, 0.25) is 0 Å². The summed E-state index contributed by atoms with van der Waals surface area (Å²) in [5.74, 6) is 0.979. The van der Waals surface area contributed by atoms with Crippen LogP contribution in [-0.2, 0) is 12.8 Å². The summed E-state index contributed by atoms with van der Waals surface area (Å²) in [5.41, 5.74) is 4.14. The first-order chi connectivity index (χ1) is 9.29. The molecule has 2 aromatic rings. The lowest BCUT2D eigenvalue weighted by atomic mass is 10.2. The maximum absolute atomic E-state index is 8.83. The fourth-order valence-electron chi connectivity index (χ4n) is 2.51. The molecule has 0 amide bonds. The van der Waals surface area contributed by atoms with Crippen LogP contribution in [0, 0.1) is 11.3 Å². The van der Waals surface area contributed by atoms with Crippen molar-refractivity contribution in [1.82, 2.24) is 9.97 Å². The van der Waals surface area contributed by atoms with Gasteiger partial charge in [-0.25, -0.2) is 9.97 Å². The van der Waals surface area contributed by atoms with Crippen molar-refractivity contribution in [2.75, 3.05) is 11.9 Å². The number of fused-ring (bicyclic) bond motifs is 1. The largest absolute Gasteiger partial charge is 0.329 e. The summed E-state index contributed by atoms with van der Waals surface area (Å²) in [6, 6.07) is 9.68. The minimum Gasteiger partial charge on any atom is -0.329 e. The Kier molecular flexibility index (Phi) is 2.88. The third kappa shape index (κ3) is 2.04. The number of nitriles is 1. The fraction of sp³-hybridized carbons (Fsp3) is 0.267. The first kappa shape index (κ1) is 11.7. The lowest BCUT2D eigenvalue weighted by Crippen LogP contribution is -2.14. The number of rotatable bonds is 2. The highest BCUT2D eigenvalue weighted by atomic mass is 15.2. The van der Waals surface area contributed by atoms with Crippen LogP contribution in [0.2, 0.25) is 0 Å². The highest BCUT2D eigenvalue weighted by Gasteiger charge is 2.19. The summed E-state index contributed by atoms with van der Waals surface area (Å²) < 4.78 is 0. The second-order valence-electron chi connectivity index (χ2n) is 4.69. The van der Waals surface area contributed by atoms with Crippen LogP contribution in [0.25, 0.3) is 0 Å². The predicted molar refractivity (Wildman–Crippen MR) is 73.3 cm³/mol. The van der Waals surface area contributed by atoms with E-state index in [9.17, 15) is 0 Å². The summed E-state index contributed by atoms with van der Waals surface area (Å²) in [4.78, 5) is 10.8. The van der Waals surface area contributed by atoms with Gasteiger partial charge >= 0.3 is 0 Å². The Hall–Kier alpha value is -2.41. The minimum atomic E-state index is 0.671. The smallest absolute Gasteiger partial charge is 0.139 e. The van der Waals surface area contributed by atoms with E-state index in [1.807, 2.05) is 31.3 Å². The average molecular weight is 250 g/mol. The molecule has 1 aromatic carbocycles. The molecule has 3 rings (SSSR count). The fourth-order valence-corrected chi connectivity index (χ4v) is 2.51. The maximum atomic E-state index is 8.83. The molecule has 0 aliphatic heterocycles. The molecule has 0 fully saturated rings. The van der Waals surface area contributed by atoms with Crippen molar-refractivity contribution in [2.24, 2.45) is 0 Å². The topological polar surface area (TPSA) is 52.8 Å². The number of aromatic nitrogens is 2. The molecule has 19 heavy (non-hydrogen) atoms. The van der Waals surface area contributed by atoms with E-state index < -0.39 is 0 Å². The third-order valence-electron chi connectivity index (χ3n) is 3.55. The minimum absolute atomic E-state index is 0.671. The standard InChI is InChI=1S/C15H14N4/c1-19(12-7-5-11(9-16)6-8-12)15-13-3-2-4-14(13)17-10-18-15/h5-8,10H,2-4H2,1H3. The SMILES string of the molecule is CN(c1ccc(C#N)cc1)c1ncnc2c1CCC2. The van der Waals surface area contributed by atoms with Crippen LogP contribution in [0.1, 0.15) is 23.2 Å². The maximum Gasteiger partial charge on any atom is 0.139 e. The van der Waals surface area contributed by atoms with Gasteiger partial charge in [0.15, 0.2) is 0 Å². The van der Waals surface area contributed by atoms with Crippen molar-refractivity contribution < 1.29 is 0 Å². The average Bonchev–Trinajstić information content (AvgIpc) is 2.95. The van der Waals surface area contributed by atoms with E-state index in [1.54, 1.807) is 6.33 Å². The van der Waals surface area contributed by atoms with E-state index in [0.717, 1.165) is 30.8 Å². The lowest BCUT2D eigenvalue weighted by Gasteiger charge is -2.20. The van der Waals surface area contributed by atoms with Gasteiger partial charge in [0, 0.05) is 24.0 Å². The van der Waals surface area contributed by atoms with Crippen LogP contribution >= 0.6 is 0 Å². The highest BCUT2D eigenvalue weighted by molar-refractivity contribution is 5.63. The molecule has 0 saturated carbocycles. The second kappa shape index (κ2) is 4.69. The molecule has 0 radical (unpaired) electrons. The van der Waals surface area contributed by atoms with Crippen molar-refractivity contribution in [1.29, 1.82) is 5.26 Å². The van der Waals surface area contributed by atoms with Gasteiger partial charge in [-0.15, -0.1) is 0 Å². The van der Waals surface area contributed by atoms with Crippen molar-refractivity contribution in [3.05, 3.63) is 47.4 Å². The number of hydrogen-bond acceptors (Lipinski definition) is 4. The number of hydrogen-bond donors (Lipinski definition) is 0. The molecule has 4 heteroatoms. The summed E-state index contributed by atoms with van der Waals surface area (Å²) in [6.07, 6.45) is 4.89. The van der Waals surface area contributed by atoms with Crippen molar-refractivity contribution in [3.63, 3.8) is 0 Å². The van der Waals surface area contributed by atoms with Crippen LogP contribution in [0.3, 0.4) is 0 Å². The Morgan fingerprint density at radius 1 is 1.16 bits per heavy atom. The third-order valence-corrected chi connectivity index (χ3v) is 3.55. The van der Waals surface area contributed by atoms with Crippen LogP contribution < -0.4 is 4.90 Å². The van der Waals surface area contributed by atoms with Crippen molar-refractivity contribution in [2.45, 2.75) is 19.3 Å². The molecule has 0 bridgehead atoms. The van der Waals surface area contributed by atoms with E-state index in [2.05, 4.69) is 20.9 Å². The van der Waals surface area contributed by atoms with Gasteiger partial charge in [-0.1, -0.05) is 0 Å². The molecule has 1 aromatic heterocycles. The Labute approximate surface area is 112 Å². The number of aryl methyl sites for hydroxylation is 1. The molecular formula is C15H14N4. The van der Waals surface area contributed by atoms with Crippen molar-refractivity contribution >= 4 is 11.5 Å². The monoisotopic (exact) mass is 250 g/mol. The van der Waals surface area contributed by atoms with E-state index in [-0.39, 0.29) is 0 Å². The number of anilines is 2. The molecule has 0 saturated heterocycles. The molecule has 0 unspecified atom stereocenters. The summed E-state index contributed by atoms with van der Waals surface area (Å²) in [5, 5.41) is 8.83. The zero-order valence-corrected chi connectivity index (χ0v) is 10.8. The summed E-state index contributed by atoms with van der Waals surface area (Å²) in [7, 11) is 2.00. The normalized spacial score (nSPS) is 12.8. The highest BCUT2D eigenvalue weighted by Crippen LogP contribution is 2.31. The summed E-state index contributed by atoms with van der Waals surface area (Å²) >= 11 is 0. The molecule has 0 spiro atoms. The second-order valence-corrected chi connectivity index (χ2v) is 4.69. The van der Waals surface area contributed by atoms with E-state index in [4.69, 9.17) is 5.26 Å². The zero-order chi connectivity index (χ0) is 13.2. The molecule has 94 valence electrons. The quantitative estimate of drug-likeness (QED) is 0.822. The van der Waals surface area contributed by atoms with E-state index in [0.29, 0.717) is 5.56 Å². The van der Waals surface area contributed by atoms with E-state index in [1.165, 1.54) is 11.3 Å². The van der Waals surface area contributed by atoms with Crippen LogP contribution in [0.4, 0.5) is 11.5 Å². The van der Waals surface area contributed by atoms with Gasteiger partial charge < -0.3 is 4.90 Å². The molecule has 0 N–H and O–H groups in total. The van der Waals surface area contributed by atoms with Gasteiger partial charge in [0.1, 0.15) is 12.1 Å². The Morgan fingerprint density at radius 2 is 1.95 bits per heavy atom. The molecular weight excluding hydrogens is 236 g/mol. The first-order valence-electron chi connectivity index (χ1n) is 6.36. The first-order valence-corrected chi connectivity index (χ1v) is 6.36. The zero-order valence-electron chi connectivity index (χ0n) is 10.8. The molecule has 1 aliphatic carbocycles. The van der Waals surface area contributed by atoms with Crippen LogP contribution in [0.15, 0.2) is 30.6 Å². The predicted octanol–water partition coefficient (Wildman–Crippen LogP) is 2.60. The van der Waals surface area contributed by atoms with Crippen LogP contribution in [-0.4, -0.2) is 17.0 Å². The van der Waals surface area contributed by atoms with Gasteiger partial charge in [-0.2, -0.15) is 5.26 Å². The lowest BCUT2D eigenvalue weighted by molar-refractivity contribution is 0.899. The number of benzene rings is 1. The molecule has 1 heterocycles. The summed E-state index contributed by atoms with van der Waals surface area (Å²) in [6.45, 7) is 0. The molecule has 1 aliphatic rings. The Morgan fingerprint density at radius 3 is 2.68 bits per heavy atom. The van der Waals surface area contributed by atoms with Gasteiger partial charge in [-0.05, 0) is 43.5 Å². The molecule has 0 atom stereocenters. The Bertz CT molecular complexity index is 640. The molecule has 4 nitrogen and oxygen atoms in total.